The number of nitrogens with zero attached hydrogens (tertiary/aromatic N) is 1. The van der Waals surface area contributed by atoms with Crippen molar-refractivity contribution in [1.29, 1.82) is 0 Å². The van der Waals surface area contributed by atoms with Gasteiger partial charge in [-0.25, -0.2) is 8.42 Å². The van der Waals surface area contributed by atoms with E-state index < -0.39 is 10.0 Å². The normalized spacial score (nSPS) is 12.3. The largest absolute Gasteiger partial charge is 0.348 e. The molecule has 3 aromatic rings. The van der Waals surface area contributed by atoms with Crippen molar-refractivity contribution in [3.63, 3.8) is 0 Å². The summed E-state index contributed by atoms with van der Waals surface area (Å²) in [6, 6.07) is 19.9. The molecule has 1 atom stereocenters. The number of nitrogens with one attached hydrogen (secondary N) is 1. The van der Waals surface area contributed by atoms with Gasteiger partial charge in [0.15, 0.2) is 0 Å². The van der Waals surface area contributed by atoms with Crippen molar-refractivity contribution in [3.05, 3.63) is 94.5 Å². The van der Waals surface area contributed by atoms with Crippen LogP contribution in [0.2, 0.25) is 0 Å². The summed E-state index contributed by atoms with van der Waals surface area (Å²) in [5, 5.41) is 2.93. The predicted molar refractivity (Wildman–Crippen MR) is 129 cm³/mol. The van der Waals surface area contributed by atoms with Crippen molar-refractivity contribution in [1.82, 2.24) is 5.32 Å². The third-order valence-electron chi connectivity index (χ3n) is 5.35. The van der Waals surface area contributed by atoms with Gasteiger partial charge in [0.25, 0.3) is 10.0 Å². The lowest BCUT2D eigenvalue weighted by Gasteiger charge is -2.26. The first-order valence-corrected chi connectivity index (χ1v) is 12.0. The molecule has 0 saturated carbocycles. The second-order valence-electron chi connectivity index (χ2n) is 8.37. The lowest BCUT2D eigenvalue weighted by atomic mass is 10.1. The van der Waals surface area contributed by atoms with E-state index in [9.17, 15) is 13.2 Å². The maximum atomic E-state index is 13.5. The average Bonchev–Trinajstić information content (AvgIpc) is 2.72. The van der Waals surface area contributed by atoms with E-state index in [1.54, 1.807) is 36.4 Å². The molecular formula is C26H30N2O3S. The molecule has 0 unspecified atom stereocenters. The first-order valence-electron chi connectivity index (χ1n) is 10.6. The molecular weight excluding hydrogens is 420 g/mol. The molecule has 1 amide bonds. The number of aryl methyl sites for hydroxylation is 4. The van der Waals surface area contributed by atoms with Crippen LogP contribution in [-0.2, 0) is 14.8 Å². The fourth-order valence-corrected chi connectivity index (χ4v) is 5.01. The molecule has 3 rings (SSSR count). The maximum absolute atomic E-state index is 13.5. The van der Waals surface area contributed by atoms with Crippen molar-refractivity contribution in [2.75, 3.05) is 10.8 Å². The molecule has 3 aromatic carbocycles. The standard InChI is InChI=1S/C26H30N2O3S/c1-18-6-10-23(11-7-18)22(5)27-26(29)17-28(24-15-20(3)14-21(4)16-24)32(30,31)25-12-8-19(2)9-13-25/h6-16,22H,17H2,1-5H3,(H,27,29)/t22-/m0/s1. The molecule has 0 heterocycles. The second-order valence-corrected chi connectivity index (χ2v) is 10.2. The summed E-state index contributed by atoms with van der Waals surface area (Å²) in [7, 11) is -3.93. The number of benzene rings is 3. The minimum Gasteiger partial charge on any atom is -0.348 e. The Labute approximate surface area is 191 Å². The number of rotatable bonds is 7. The van der Waals surface area contributed by atoms with E-state index in [1.807, 2.05) is 65.0 Å². The molecule has 0 aliphatic rings. The van der Waals surface area contributed by atoms with Crippen molar-refractivity contribution < 1.29 is 13.2 Å². The number of sulfonamides is 1. The summed E-state index contributed by atoms with van der Waals surface area (Å²) < 4.78 is 28.3. The molecule has 0 fully saturated rings. The molecule has 0 spiro atoms. The molecule has 6 heteroatoms. The molecule has 1 N–H and O–H groups in total. The summed E-state index contributed by atoms with van der Waals surface area (Å²) in [5.74, 6) is -0.368. The third-order valence-corrected chi connectivity index (χ3v) is 7.13. The topological polar surface area (TPSA) is 66.5 Å². The van der Waals surface area contributed by atoms with Gasteiger partial charge in [-0.1, -0.05) is 53.6 Å². The van der Waals surface area contributed by atoms with Gasteiger partial charge in [0, 0.05) is 0 Å². The van der Waals surface area contributed by atoms with Crippen LogP contribution in [0.3, 0.4) is 0 Å². The van der Waals surface area contributed by atoms with Crippen LogP contribution < -0.4 is 9.62 Å². The predicted octanol–water partition coefficient (Wildman–Crippen LogP) is 4.99. The van der Waals surface area contributed by atoms with Gasteiger partial charge < -0.3 is 5.32 Å². The Kier molecular flexibility index (Phi) is 7.04. The summed E-state index contributed by atoms with van der Waals surface area (Å²) in [6.45, 7) is 9.30. The van der Waals surface area contributed by atoms with Gasteiger partial charge in [-0.2, -0.15) is 0 Å². The lowest BCUT2D eigenvalue weighted by Crippen LogP contribution is -2.41. The van der Waals surface area contributed by atoms with Crippen LogP contribution in [0.5, 0.6) is 0 Å². The molecule has 0 aliphatic heterocycles. The summed E-state index contributed by atoms with van der Waals surface area (Å²) in [5.41, 5.74) is 5.39. The fraction of sp³-hybridized carbons (Fsp3) is 0.269. The molecule has 0 saturated heterocycles. The van der Waals surface area contributed by atoms with E-state index in [0.717, 1.165) is 27.8 Å². The Morgan fingerprint density at radius 2 is 1.31 bits per heavy atom. The van der Waals surface area contributed by atoms with E-state index in [4.69, 9.17) is 0 Å². The van der Waals surface area contributed by atoms with Gasteiger partial charge in [0.1, 0.15) is 6.54 Å². The summed E-state index contributed by atoms with van der Waals surface area (Å²) >= 11 is 0. The Balaban J connectivity index is 1.92. The Morgan fingerprint density at radius 1 is 0.812 bits per heavy atom. The first-order chi connectivity index (χ1) is 15.1. The van der Waals surface area contributed by atoms with Crippen LogP contribution in [0, 0.1) is 27.7 Å². The number of amides is 1. The zero-order valence-electron chi connectivity index (χ0n) is 19.2. The zero-order valence-corrected chi connectivity index (χ0v) is 20.0. The summed E-state index contributed by atoms with van der Waals surface area (Å²) in [4.78, 5) is 13.1. The van der Waals surface area contributed by atoms with Crippen LogP contribution in [0.1, 0.15) is 40.8 Å². The smallest absolute Gasteiger partial charge is 0.264 e. The van der Waals surface area contributed by atoms with Crippen molar-refractivity contribution in [3.8, 4) is 0 Å². The molecule has 5 nitrogen and oxygen atoms in total. The highest BCUT2D eigenvalue weighted by molar-refractivity contribution is 7.92. The van der Waals surface area contributed by atoms with Crippen LogP contribution >= 0.6 is 0 Å². The van der Waals surface area contributed by atoms with Gasteiger partial charge in [-0.3, -0.25) is 9.10 Å². The fourth-order valence-electron chi connectivity index (χ4n) is 3.60. The minimum atomic E-state index is -3.93. The van der Waals surface area contributed by atoms with Crippen LogP contribution in [-0.4, -0.2) is 20.9 Å². The SMILES string of the molecule is Cc1ccc([C@H](C)NC(=O)CN(c2cc(C)cc(C)c2)S(=O)(=O)c2ccc(C)cc2)cc1. The third kappa shape index (κ3) is 5.56. The van der Waals surface area contributed by atoms with Gasteiger partial charge in [-0.05, 0) is 75.6 Å². The van der Waals surface area contributed by atoms with Crippen molar-refractivity contribution in [2.24, 2.45) is 0 Å². The number of hydrogen-bond donors (Lipinski definition) is 1. The van der Waals surface area contributed by atoms with Gasteiger partial charge in [0.05, 0.1) is 16.6 Å². The molecule has 0 aliphatic carbocycles. The van der Waals surface area contributed by atoms with Gasteiger partial charge in [0.2, 0.25) is 5.91 Å². The number of carbonyl (C=O) groups is 1. The molecule has 168 valence electrons. The Bertz CT molecular complexity index is 1180. The molecule has 0 aromatic heterocycles. The quantitative estimate of drug-likeness (QED) is 0.551. The highest BCUT2D eigenvalue weighted by Crippen LogP contribution is 2.26. The van der Waals surface area contributed by atoms with Gasteiger partial charge >= 0.3 is 0 Å². The lowest BCUT2D eigenvalue weighted by molar-refractivity contribution is -0.120. The van der Waals surface area contributed by atoms with E-state index in [-0.39, 0.29) is 23.4 Å². The van der Waals surface area contributed by atoms with Crippen LogP contribution in [0.15, 0.2) is 71.6 Å². The molecule has 32 heavy (non-hydrogen) atoms. The number of hydrogen-bond acceptors (Lipinski definition) is 3. The average molecular weight is 451 g/mol. The van der Waals surface area contributed by atoms with Crippen molar-refractivity contribution >= 4 is 21.6 Å². The van der Waals surface area contributed by atoms with Gasteiger partial charge in [-0.15, -0.1) is 0 Å². The minimum absolute atomic E-state index is 0.154. The highest BCUT2D eigenvalue weighted by Gasteiger charge is 2.28. The van der Waals surface area contributed by atoms with E-state index >= 15 is 0 Å². The van der Waals surface area contributed by atoms with Crippen LogP contribution in [0.4, 0.5) is 5.69 Å². The maximum Gasteiger partial charge on any atom is 0.264 e. The highest BCUT2D eigenvalue weighted by atomic mass is 32.2. The first kappa shape index (κ1) is 23.5. The van der Waals surface area contributed by atoms with E-state index in [1.165, 1.54) is 4.31 Å². The molecule has 0 bridgehead atoms. The summed E-state index contributed by atoms with van der Waals surface area (Å²) in [6.07, 6.45) is 0. The van der Waals surface area contributed by atoms with E-state index in [0.29, 0.717) is 5.69 Å². The molecule has 0 radical (unpaired) electrons. The number of anilines is 1. The van der Waals surface area contributed by atoms with Crippen LogP contribution in [0.25, 0.3) is 0 Å². The second kappa shape index (κ2) is 9.57. The monoisotopic (exact) mass is 450 g/mol. The zero-order chi connectivity index (χ0) is 23.5. The number of carbonyl (C=O) groups excluding carboxylic acids is 1. The van der Waals surface area contributed by atoms with Crippen molar-refractivity contribution in [2.45, 2.75) is 45.6 Å². The Hall–Kier alpha value is -3.12. The Morgan fingerprint density at radius 3 is 1.84 bits per heavy atom. The van der Waals surface area contributed by atoms with E-state index in [2.05, 4.69) is 5.32 Å².